The maximum Gasteiger partial charge on any atom is 0.134 e. The molecule has 110 valence electrons. The number of aryl methyl sites for hydroxylation is 1. The van der Waals surface area contributed by atoms with Crippen molar-refractivity contribution in [3.05, 3.63) is 35.6 Å². The second kappa shape index (κ2) is 6.45. The summed E-state index contributed by atoms with van der Waals surface area (Å²) >= 11 is 0. The van der Waals surface area contributed by atoms with E-state index in [9.17, 15) is 0 Å². The van der Waals surface area contributed by atoms with Gasteiger partial charge in [-0.3, -0.25) is 0 Å². The Bertz CT molecular complexity index is 546. The van der Waals surface area contributed by atoms with E-state index in [1.807, 2.05) is 12.1 Å². The Balaban J connectivity index is 2.04. The first kappa shape index (κ1) is 15.1. The van der Waals surface area contributed by atoms with Gasteiger partial charge in [-0.05, 0) is 37.3 Å². The van der Waals surface area contributed by atoms with Crippen molar-refractivity contribution in [1.29, 1.82) is 0 Å². The molecule has 0 radical (unpaired) electrons. The molecule has 0 bridgehead atoms. The molecule has 0 spiro atoms. The zero-order valence-electron chi connectivity index (χ0n) is 13.4. The number of benzene rings is 1. The fourth-order valence-electron chi connectivity index (χ4n) is 3.05. The molecule has 0 aliphatic rings. The van der Waals surface area contributed by atoms with Crippen LogP contribution in [0.1, 0.15) is 39.0 Å². The number of hydrogen-bond donors (Lipinski definition) is 1. The molecule has 2 aromatic rings. The highest BCUT2D eigenvalue weighted by Gasteiger charge is 2.17. The Morgan fingerprint density at radius 2 is 1.70 bits per heavy atom. The van der Waals surface area contributed by atoms with Crippen molar-refractivity contribution in [3.8, 4) is 0 Å². The van der Waals surface area contributed by atoms with Crippen LogP contribution in [0.3, 0.4) is 0 Å². The number of nitrogens with one attached hydrogen (secondary N) is 1. The van der Waals surface area contributed by atoms with Crippen LogP contribution in [0.5, 0.6) is 0 Å². The van der Waals surface area contributed by atoms with E-state index in [1.165, 1.54) is 10.9 Å². The highest BCUT2D eigenvalue weighted by molar-refractivity contribution is 5.82. The molecule has 20 heavy (non-hydrogen) atoms. The van der Waals surface area contributed by atoms with Gasteiger partial charge in [0.05, 0.1) is 0 Å². The van der Waals surface area contributed by atoms with Crippen molar-refractivity contribution in [2.24, 2.45) is 17.8 Å². The minimum atomic E-state index is 0.713. The van der Waals surface area contributed by atoms with Crippen LogP contribution in [0.25, 0.3) is 11.0 Å². The van der Waals surface area contributed by atoms with Crippen LogP contribution in [-0.2, 0) is 6.54 Å². The lowest BCUT2D eigenvalue weighted by Gasteiger charge is -2.25. The molecule has 1 heterocycles. The van der Waals surface area contributed by atoms with E-state index in [2.05, 4.69) is 52.1 Å². The van der Waals surface area contributed by atoms with Crippen molar-refractivity contribution in [1.82, 2.24) is 5.32 Å². The van der Waals surface area contributed by atoms with Gasteiger partial charge in [0.2, 0.25) is 0 Å². The Hall–Kier alpha value is -1.28. The number of para-hydroxylation sites is 1. The molecular formula is C18H27NO. The second-order valence-electron chi connectivity index (χ2n) is 6.42. The maximum atomic E-state index is 5.81. The molecule has 1 aromatic heterocycles. The van der Waals surface area contributed by atoms with Gasteiger partial charge in [0, 0.05) is 17.5 Å². The lowest BCUT2D eigenvalue weighted by molar-refractivity contribution is 0.275. The van der Waals surface area contributed by atoms with Gasteiger partial charge in [-0.1, -0.05) is 45.9 Å². The fraction of sp³-hybridized carbons (Fsp3) is 0.556. The van der Waals surface area contributed by atoms with Crippen LogP contribution in [0.15, 0.2) is 28.7 Å². The number of hydrogen-bond acceptors (Lipinski definition) is 2. The topological polar surface area (TPSA) is 25.2 Å². The molecule has 1 aromatic carbocycles. The van der Waals surface area contributed by atoms with Crippen molar-refractivity contribution < 1.29 is 4.42 Å². The van der Waals surface area contributed by atoms with Crippen LogP contribution in [-0.4, -0.2) is 6.54 Å². The van der Waals surface area contributed by atoms with E-state index in [4.69, 9.17) is 4.42 Å². The monoisotopic (exact) mass is 273 g/mol. The highest BCUT2D eigenvalue weighted by atomic mass is 16.3. The van der Waals surface area contributed by atoms with Gasteiger partial charge >= 0.3 is 0 Å². The van der Waals surface area contributed by atoms with Crippen LogP contribution >= 0.6 is 0 Å². The van der Waals surface area contributed by atoms with Crippen molar-refractivity contribution in [2.75, 3.05) is 6.54 Å². The average Bonchev–Trinajstić information content (AvgIpc) is 2.69. The smallest absolute Gasteiger partial charge is 0.134 e. The first-order chi connectivity index (χ1) is 9.50. The minimum absolute atomic E-state index is 0.713. The van der Waals surface area contributed by atoms with Crippen molar-refractivity contribution in [2.45, 2.75) is 41.2 Å². The average molecular weight is 273 g/mol. The number of rotatable bonds is 6. The van der Waals surface area contributed by atoms with E-state index in [-0.39, 0.29) is 0 Å². The quantitative estimate of drug-likeness (QED) is 0.821. The summed E-state index contributed by atoms with van der Waals surface area (Å²) in [6.07, 6.45) is 0. The molecule has 0 atom stereocenters. The third-order valence-electron chi connectivity index (χ3n) is 4.29. The second-order valence-corrected chi connectivity index (χ2v) is 6.42. The first-order valence-corrected chi connectivity index (χ1v) is 7.68. The largest absolute Gasteiger partial charge is 0.461 e. The van der Waals surface area contributed by atoms with E-state index < -0.39 is 0 Å². The molecule has 0 unspecified atom stereocenters. The standard InChI is InChI=1S/C18H27NO/c1-12(2)16(13(3)4)10-19-11-17-14(5)20-18-9-7-6-8-15(17)18/h6-9,12-13,16,19H,10-11H2,1-5H3. The van der Waals surface area contributed by atoms with Gasteiger partial charge in [-0.2, -0.15) is 0 Å². The molecule has 1 N–H and O–H groups in total. The summed E-state index contributed by atoms with van der Waals surface area (Å²) in [6.45, 7) is 13.2. The van der Waals surface area contributed by atoms with Crippen LogP contribution in [0.4, 0.5) is 0 Å². The fourth-order valence-corrected chi connectivity index (χ4v) is 3.05. The lowest BCUT2D eigenvalue weighted by Crippen LogP contribution is -2.29. The third kappa shape index (κ3) is 3.24. The molecular weight excluding hydrogens is 246 g/mol. The minimum Gasteiger partial charge on any atom is -0.461 e. The summed E-state index contributed by atoms with van der Waals surface area (Å²) in [5, 5.41) is 4.86. The van der Waals surface area contributed by atoms with E-state index in [1.54, 1.807) is 0 Å². The Labute approximate surface area is 122 Å². The van der Waals surface area contributed by atoms with Gasteiger partial charge < -0.3 is 9.73 Å². The number of fused-ring (bicyclic) bond motifs is 1. The Kier molecular flexibility index (Phi) is 4.87. The zero-order valence-corrected chi connectivity index (χ0v) is 13.4. The summed E-state index contributed by atoms with van der Waals surface area (Å²) in [4.78, 5) is 0. The summed E-state index contributed by atoms with van der Waals surface area (Å²) in [5.74, 6) is 3.17. The van der Waals surface area contributed by atoms with Gasteiger partial charge in [0.1, 0.15) is 11.3 Å². The van der Waals surface area contributed by atoms with Crippen LogP contribution in [0.2, 0.25) is 0 Å². The molecule has 2 rings (SSSR count). The summed E-state index contributed by atoms with van der Waals surface area (Å²) < 4.78 is 5.81. The molecule has 0 amide bonds. The molecule has 2 nitrogen and oxygen atoms in total. The Morgan fingerprint density at radius 3 is 2.35 bits per heavy atom. The zero-order chi connectivity index (χ0) is 14.7. The molecule has 2 heteroatoms. The van der Waals surface area contributed by atoms with Gasteiger partial charge in [0.25, 0.3) is 0 Å². The molecule has 0 saturated carbocycles. The SMILES string of the molecule is Cc1oc2ccccc2c1CNCC(C(C)C)C(C)C. The van der Waals surface area contributed by atoms with Gasteiger partial charge in [0.15, 0.2) is 0 Å². The molecule has 0 aliphatic heterocycles. The summed E-state index contributed by atoms with van der Waals surface area (Å²) in [6, 6.07) is 8.28. The lowest BCUT2D eigenvalue weighted by atomic mass is 9.85. The number of furan rings is 1. The van der Waals surface area contributed by atoms with E-state index in [0.29, 0.717) is 17.8 Å². The first-order valence-electron chi connectivity index (χ1n) is 7.68. The Morgan fingerprint density at radius 1 is 1.05 bits per heavy atom. The predicted octanol–water partition coefficient (Wildman–Crippen LogP) is 4.76. The van der Waals surface area contributed by atoms with Crippen molar-refractivity contribution >= 4 is 11.0 Å². The molecule has 0 aliphatic carbocycles. The van der Waals surface area contributed by atoms with Crippen LogP contribution < -0.4 is 5.32 Å². The maximum absolute atomic E-state index is 5.81. The van der Waals surface area contributed by atoms with Crippen LogP contribution in [0, 0.1) is 24.7 Å². The van der Waals surface area contributed by atoms with E-state index >= 15 is 0 Å². The van der Waals surface area contributed by atoms with Crippen molar-refractivity contribution in [3.63, 3.8) is 0 Å². The van der Waals surface area contributed by atoms with Gasteiger partial charge in [-0.25, -0.2) is 0 Å². The summed E-state index contributed by atoms with van der Waals surface area (Å²) in [7, 11) is 0. The predicted molar refractivity (Wildman–Crippen MR) is 85.8 cm³/mol. The summed E-state index contributed by atoms with van der Waals surface area (Å²) in [5.41, 5.74) is 2.29. The normalized spacial score (nSPS) is 12.2. The molecule has 0 saturated heterocycles. The molecule has 0 fully saturated rings. The van der Waals surface area contributed by atoms with E-state index in [0.717, 1.165) is 24.4 Å². The van der Waals surface area contributed by atoms with Gasteiger partial charge in [-0.15, -0.1) is 0 Å². The third-order valence-corrected chi connectivity index (χ3v) is 4.29. The highest BCUT2D eigenvalue weighted by Crippen LogP contribution is 2.25.